The molecule has 1 nitrogen and oxygen atoms in total. The van der Waals surface area contributed by atoms with Crippen LogP contribution in [-0.2, 0) is 0 Å². The Morgan fingerprint density at radius 1 is 1.27 bits per heavy atom. The standard InChI is InChI=1S/C9H12BO/c1-7(2)8-5-3-4-6-9(8)10-11/h3-7,11H,1-2H3. The van der Waals surface area contributed by atoms with Crippen LogP contribution < -0.4 is 5.46 Å². The summed E-state index contributed by atoms with van der Waals surface area (Å²) in [6.45, 7) is 4.23. The average molecular weight is 147 g/mol. The average Bonchev–Trinajstić information content (AvgIpc) is 2.04. The highest BCUT2D eigenvalue weighted by atomic mass is 16.2. The van der Waals surface area contributed by atoms with Gasteiger partial charge in [0.2, 0.25) is 0 Å². The predicted molar refractivity (Wildman–Crippen MR) is 48.1 cm³/mol. The van der Waals surface area contributed by atoms with E-state index in [4.69, 9.17) is 5.02 Å². The molecule has 0 heterocycles. The largest absolute Gasteiger partial charge is 0.450 e. The van der Waals surface area contributed by atoms with Crippen LogP contribution in [0.25, 0.3) is 0 Å². The second kappa shape index (κ2) is 3.58. The van der Waals surface area contributed by atoms with E-state index in [2.05, 4.69) is 13.8 Å². The molecule has 0 saturated heterocycles. The molecule has 2 heteroatoms. The van der Waals surface area contributed by atoms with Crippen LogP contribution in [0, 0.1) is 0 Å². The first-order valence-electron chi connectivity index (χ1n) is 3.82. The Labute approximate surface area is 68.3 Å². The van der Waals surface area contributed by atoms with Crippen LogP contribution in [0.2, 0.25) is 0 Å². The topological polar surface area (TPSA) is 20.2 Å². The molecule has 57 valence electrons. The lowest BCUT2D eigenvalue weighted by Gasteiger charge is -2.08. The summed E-state index contributed by atoms with van der Waals surface area (Å²) in [5.74, 6) is 0.467. The monoisotopic (exact) mass is 147 g/mol. The number of rotatable bonds is 2. The lowest BCUT2D eigenvalue weighted by Crippen LogP contribution is -2.19. The van der Waals surface area contributed by atoms with E-state index in [1.165, 1.54) is 5.56 Å². The molecule has 11 heavy (non-hydrogen) atoms. The second-order valence-electron chi connectivity index (χ2n) is 2.91. The van der Waals surface area contributed by atoms with E-state index < -0.39 is 0 Å². The maximum absolute atomic E-state index is 8.84. The maximum Gasteiger partial charge on any atom is 0.327 e. The van der Waals surface area contributed by atoms with Crippen LogP contribution in [0.1, 0.15) is 25.3 Å². The van der Waals surface area contributed by atoms with Gasteiger partial charge in [0.25, 0.3) is 0 Å². The second-order valence-corrected chi connectivity index (χ2v) is 2.91. The van der Waals surface area contributed by atoms with E-state index in [0.717, 1.165) is 12.9 Å². The van der Waals surface area contributed by atoms with Gasteiger partial charge in [0.05, 0.1) is 0 Å². The Morgan fingerprint density at radius 2 is 1.91 bits per heavy atom. The maximum atomic E-state index is 8.84. The van der Waals surface area contributed by atoms with Crippen molar-refractivity contribution in [2.24, 2.45) is 0 Å². The molecule has 1 aromatic rings. The summed E-state index contributed by atoms with van der Waals surface area (Å²) in [6, 6.07) is 7.86. The molecule has 0 saturated carbocycles. The van der Waals surface area contributed by atoms with Crippen molar-refractivity contribution in [3.8, 4) is 0 Å². The summed E-state index contributed by atoms with van der Waals surface area (Å²) in [4.78, 5) is 0. The normalized spacial score (nSPS) is 10.2. The lowest BCUT2D eigenvalue weighted by atomic mass is 9.81. The van der Waals surface area contributed by atoms with Gasteiger partial charge in [-0.2, -0.15) is 0 Å². The first kappa shape index (κ1) is 8.34. The minimum Gasteiger partial charge on any atom is -0.450 e. The van der Waals surface area contributed by atoms with E-state index in [0.29, 0.717) is 5.92 Å². The molecule has 1 radical (unpaired) electrons. The van der Waals surface area contributed by atoms with Crippen molar-refractivity contribution in [2.45, 2.75) is 19.8 Å². The van der Waals surface area contributed by atoms with E-state index in [9.17, 15) is 0 Å². The highest BCUT2D eigenvalue weighted by Crippen LogP contribution is 2.09. The zero-order chi connectivity index (χ0) is 8.27. The minimum absolute atomic E-state index is 0.467. The van der Waals surface area contributed by atoms with E-state index in [1.807, 2.05) is 24.3 Å². The van der Waals surface area contributed by atoms with E-state index in [-0.39, 0.29) is 0 Å². The van der Waals surface area contributed by atoms with Gasteiger partial charge < -0.3 is 5.02 Å². The van der Waals surface area contributed by atoms with Crippen molar-refractivity contribution in [2.75, 3.05) is 0 Å². The van der Waals surface area contributed by atoms with Crippen LogP contribution in [0.3, 0.4) is 0 Å². The van der Waals surface area contributed by atoms with Crippen LogP contribution in [0.4, 0.5) is 0 Å². The van der Waals surface area contributed by atoms with Crippen molar-refractivity contribution < 1.29 is 5.02 Å². The fourth-order valence-corrected chi connectivity index (χ4v) is 1.15. The molecular weight excluding hydrogens is 135 g/mol. The molecule has 1 aromatic carbocycles. The van der Waals surface area contributed by atoms with Crippen LogP contribution in [0.15, 0.2) is 24.3 Å². The Balaban J connectivity index is 3.02. The number of hydrogen-bond acceptors (Lipinski definition) is 1. The Morgan fingerprint density at radius 3 is 2.36 bits per heavy atom. The van der Waals surface area contributed by atoms with Gasteiger partial charge in [-0.3, -0.25) is 0 Å². The zero-order valence-electron chi connectivity index (χ0n) is 6.91. The first-order chi connectivity index (χ1) is 5.25. The Kier molecular flexibility index (Phi) is 2.72. The fraction of sp³-hybridized carbons (Fsp3) is 0.333. The fourth-order valence-electron chi connectivity index (χ4n) is 1.15. The highest BCUT2D eigenvalue weighted by molar-refractivity contribution is 6.46. The van der Waals surface area contributed by atoms with Gasteiger partial charge in [0.15, 0.2) is 0 Å². The molecule has 0 aromatic heterocycles. The van der Waals surface area contributed by atoms with Crippen molar-refractivity contribution in [1.29, 1.82) is 0 Å². The third kappa shape index (κ3) is 1.84. The van der Waals surface area contributed by atoms with Gasteiger partial charge in [-0.25, -0.2) is 0 Å². The van der Waals surface area contributed by atoms with Crippen LogP contribution in [-0.4, -0.2) is 12.5 Å². The summed E-state index contributed by atoms with van der Waals surface area (Å²) in [5.41, 5.74) is 2.11. The summed E-state index contributed by atoms with van der Waals surface area (Å²) < 4.78 is 0. The summed E-state index contributed by atoms with van der Waals surface area (Å²) in [7, 11) is 1.16. The lowest BCUT2D eigenvalue weighted by molar-refractivity contribution is 0.614. The molecule has 0 aliphatic rings. The highest BCUT2D eigenvalue weighted by Gasteiger charge is 2.04. The molecule has 0 aliphatic carbocycles. The molecule has 0 amide bonds. The molecule has 0 unspecified atom stereocenters. The van der Waals surface area contributed by atoms with Crippen molar-refractivity contribution >= 4 is 12.9 Å². The minimum atomic E-state index is 0.467. The summed E-state index contributed by atoms with van der Waals surface area (Å²) in [5, 5.41) is 8.84. The molecular formula is C9H12BO. The van der Waals surface area contributed by atoms with Gasteiger partial charge in [-0.1, -0.05) is 43.6 Å². The summed E-state index contributed by atoms with van der Waals surface area (Å²) >= 11 is 0. The van der Waals surface area contributed by atoms with Gasteiger partial charge in [-0.05, 0) is 11.5 Å². The van der Waals surface area contributed by atoms with Crippen molar-refractivity contribution in [3.63, 3.8) is 0 Å². The van der Waals surface area contributed by atoms with Crippen molar-refractivity contribution in [1.82, 2.24) is 0 Å². The molecule has 0 atom stereocenters. The molecule has 0 spiro atoms. The van der Waals surface area contributed by atoms with Gasteiger partial charge in [0, 0.05) is 0 Å². The molecule has 0 bridgehead atoms. The number of benzene rings is 1. The molecule has 1 N–H and O–H groups in total. The van der Waals surface area contributed by atoms with Gasteiger partial charge in [0.1, 0.15) is 0 Å². The molecule has 0 aliphatic heterocycles. The molecule has 1 rings (SSSR count). The Bertz CT molecular complexity index is 233. The van der Waals surface area contributed by atoms with Crippen LogP contribution in [0.5, 0.6) is 0 Å². The first-order valence-corrected chi connectivity index (χ1v) is 3.82. The van der Waals surface area contributed by atoms with Gasteiger partial charge >= 0.3 is 7.48 Å². The summed E-state index contributed by atoms with van der Waals surface area (Å²) in [6.07, 6.45) is 0. The smallest absolute Gasteiger partial charge is 0.327 e. The quantitative estimate of drug-likeness (QED) is 0.619. The predicted octanol–water partition coefficient (Wildman–Crippen LogP) is 1.05. The third-order valence-corrected chi connectivity index (χ3v) is 1.76. The van der Waals surface area contributed by atoms with Crippen molar-refractivity contribution in [3.05, 3.63) is 29.8 Å². The third-order valence-electron chi connectivity index (χ3n) is 1.76. The Hall–Kier alpha value is -0.755. The number of hydrogen-bond donors (Lipinski definition) is 1. The van der Waals surface area contributed by atoms with E-state index in [1.54, 1.807) is 0 Å². The van der Waals surface area contributed by atoms with E-state index >= 15 is 0 Å². The SMILES string of the molecule is CC(C)c1ccccc1[B]O. The molecule has 0 fully saturated rings. The zero-order valence-corrected chi connectivity index (χ0v) is 6.91. The van der Waals surface area contributed by atoms with Crippen LogP contribution >= 0.6 is 0 Å². The van der Waals surface area contributed by atoms with Gasteiger partial charge in [-0.15, -0.1) is 0 Å².